The first-order chi connectivity index (χ1) is 7.60. The van der Waals surface area contributed by atoms with Gasteiger partial charge in [-0.1, -0.05) is 13.8 Å². The van der Waals surface area contributed by atoms with Gasteiger partial charge in [0.1, 0.15) is 5.82 Å². The lowest BCUT2D eigenvalue weighted by Gasteiger charge is -2.54. The molecule has 3 rings (SSSR count). The zero-order valence-electron chi connectivity index (χ0n) is 10.1. The van der Waals surface area contributed by atoms with E-state index in [1.807, 2.05) is 24.0 Å². The molecule has 2 heterocycles. The molecule has 1 saturated heterocycles. The second kappa shape index (κ2) is 3.23. The first kappa shape index (κ1) is 10.1. The molecule has 1 aromatic heterocycles. The minimum atomic E-state index is 0.228. The molecule has 1 saturated carbocycles. The Morgan fingerprint density at radius 1 is 1.56 bits per heavy atom. The SMILES string of the molecule is Cn1nccc1NC1C2CCOC2C1(C)C. The molecule has 1 N–H and O–H groups in total. The highest BCUT2D eigenvalue weighted by atomic mass is 16.5. The van der Waals surface area contributed by atoms with Gasteiger partial charge < -0.3 is 10.1 Å². The van der Waals surface area contributed by atoms with Crippen LogP contribution < -0.4 is 5.32 Å². The number of hydrogen-bond acceptors (Lipinski definition) is 3. The summed E-state index contributed by atoms with van der Waals surface area (Å²) in [6, 6.07) is 2.54. The Morgan fingerprint density at radius 3 is 3.06 bits per heavy atom. The lowest BCUT2D eigenvalue weighted by Crippen LogP contribution is -2.63. The van der Waals surface area contributed by atoms with Gasteiger partial charge in [0.15, 0.2) is 0 Å². The molecule has 0 spiro atoms. The molecule has 4 nitrogen and oxygen atoms in total. The number of aryl methyl sites for hydroxylation is 1. The van der Waals surface area contributed by atoms with E-state index in [9.17, 15) is 0 Å². The van der Waals surface area contributed by atoms with E-state index in [1.54, 1.807) is 0 Å². The van der Waals surface area contributed by atoms with Gasteiger partial charge in [-0.2, -0.15) is 5.10 Å². The molecule has 0 aromatic carbocycles. The molecule has 16 heavy (non-hydrogen) atoms. The zero-order valence-corrected chi connectivity index (χ0v) is 10.1. The average Bonchev–Trinajstić information content (AvgIpc) is 2.82. The highest BCUT2D eigenvalue weighted by molar-refractivity contribution is 5.38. The molecule has 88 valence electrons. The topological polar surface area (TPSA) is 39.1 Å². The third-order valence-corrected chi connectivity index (χ3v) is 4.22. The van der Waals surface area contributed by atoms with Gasteiger partial charge in [0.2, 0.25) is 0 Å². The van der Waals surface area contributed by atoms with E-state index < -0.39 is 0 Å². The van der Waals surface area contributed by atoms with Crippen LogP contribution in [0.25, 0.3) is 0 Å². The summed E-state index contributed by atoms with van der Waals surface area (Å²) in [5.41, 5.74) is 0.228. The molecule has 3 unspecified atom stereocenters. The van der Waals surface area contributed by atoms with Gasteiger partial charge in [-0.15, -0.1) is 0 Å². The second-order valence-electron chi connectivity index (χ2n) is 5.53. The molecule has 2 aliphatic rings. The molecule has 3 atom stereocenters. The van der Waals surface area contributed by atoms with E-state index in [0.29, 0.717) is 18.1 Å². The van der Waals surface area contributed by atoms with Gasteiger partial charge in [0.25, 0.3) is 0 Å². The maximum absolute atomic E-state index is 5.78. The quantitative estimate of drug-likeness (QED) is 0.825. The number of fused-ring (bicyclic) bond motifs is 1. The highest BCUT2D eigenvalue weighted by Crippen LogP contribution is 2.53. The Morgan fingerprint density at radius 2 is 2.38 bits per heavy atom. The average molecular weight is 221 g/mol. The molecule has 4 heteroatoms. The van der Waals surface area contributed by atoms with Crippen molar-refractivity contribution in [2.24, 2.45) is 18.4 Å². The molecule has 1 aliphatic carbocycles. The van der Waals surface area contributed by atoms with Crippen LogP contribution in [0.4, 0.5) is 5.82 Å². The lowest BCUT2D eigenvalue weighted by molar-refractivity contribution is -0.0924. The van der Waals surface area contributed by atoms with Crippen LogP contribution in [0.2, 0.25) is 0 Å². The van der Waals surface area contributed by atoms with Crippen molar-refractivity contribution in [2.75, 3.05) is 11.9 Å². The van der Waals surface area contributed by atoms with E-state index in [0.717, 1.165) is 12.4 Å². The van der Waals surface area contributed by atoms with Gasteiger partial charge in [0.05, 0.1) is 12.3 Å². The standard InChI is InChI=1S/C12H19N3O/c1-12(2)10(8-5-7-16-11(8)12)14-9-4-6-13-15(9)3/h4,6,8,10-11,14H,5,7H2,1-3H3. The number of ether oxygens (including phenoxy) is 1. The molecular weight excluding hydrogens is 202 g/mol. The van der Waals surface area contributed by atoms with Crippen LogP contribution in [0.5, 0.6) is 0 Å². The van der Waals surface area contributed by atoms with Gasteiger partial charge in [0, 0.05) is 37.1 Å². The Kier molecular flexibility index (Phi) is 2.05. The molecule has 2 fully saturated rings. The van der Waals surface area contributed by atoms with Crippen molar-refractivity contribution < 1.29 is 4.74 Å². The van der Waals surface area contributed by atoms with Crippen molar-refractivity contribution >= 4 is 5.82 Å². The van der Waals surface area contributed by atoms with Crippen molar-refractivity contribution in [2.45, 2.75) is 32.4 Å². The number of nitrogens with zero attached hydrogens (tertiary/aromatic N) is 2. The fraction of sp³-hybridized carbons (Fsp3) is 0.750. The Bertz CT molecular complexity index is 399. The molecule has 0 radical (unpaired) electrons. The molecule has 1 aliphatic heterocycles. The van der Waals surface area contributed by atoms with Crippen molar-refractivity contribution in [3.8, 4) is 0 Å². The number of nitrogens with one attached hydrogen (secondary N) is 1. The fourth-order valence-corrected chi connectivity index (χ4v) is 3.29. The van der Waals surface area contributed by atoms with Crippen LogP contribution in [0.1, 0.15) is 20.3 Å². The Balaban J connectivity index is 1.78. The molecule has 0 amide bonds. The van der Waals surface area contributed by atoms with E-state index in [4.69, 9.17) is 4.74 Å². The summed E-state index contributed by atoms with van der Waals surface area (Å²) in [7, 11) is 1.97. The summed E-state index contributed by atoms with van der Waals surface area (Å²) in [6.07, 6.45) is 3.46. The Hall–Kier alpha value is -1.03. The van der Waals surface area contributed by atoms with Crippen LogP contribution in [-0.2, 0) is 11.8 Å². The summed E-state index contributed by atoms with van der Waals surface area (Å²) in [6.45, 7) is 5.49. The van der Waals surface area contributed by atoms with E-state index in [1.165, 1.54) is 6.42 Å². The number of hydrogen-bond donors (Lipinski definition) is 1. The van der Waals surface area contributed by atoms with Crippen LogP contribution in [0.3, 0.4) is 0 Å². The maximum Gasteiger partial charge on any atom is 0.124 e. The van der Waals surface area contributed by atoms with E-state index in [2.05, 4.69) is 24.3 Å². The van der Waals surface area contributed by atoms with Crippen molar-refractivity contribution in [3.05, 3.63) is 12.3 Å². The minimum absolute atomic E-state index is 0.228. The minimum Gasteiger partial charge on any atom is -0.377 e. The molecule has 0 bridgehead atoms. The van der Waals surface area contributed by atoms with Gasteiger partial charge in [-0.25, -0.2) is 0 Å². The zero-order chi connectivity index (χ0) is 11.3. The molecule has 1 aromatic rings. The van der Waals surface area contributed by atoms with E-state index >= 15 is 0 Å². The summed E-state index contributed by atoms with van der Waals surface area (Å²) < 4.78 is 7.67. The highest BCUT2D eigenvalue weighted by Gasteiger charge is 2.59. The normalized spacial score (nSPS) is 35.6. The number of anilines is 1. The summed E-state index contributed by atoms with van der Waals surface area (Å²) >= 11 is 0. The van der Waals surface area contributed by atoms with Crippen molar-refractivity contribution in [3.63, 3.8) is 0 Å². The predicted molar refractivity (Wildman–Crippen MR) is 62.2 cm³/mol. The van der Waals surface area contributed by atoms with Crippen molar-refractivity contribution in [1.82, 2.24) is 9.78 Å². The second-order valence-corrected chi connectivity index (χ2v) is 5.53. The van der Waals surface area contributed by atoms with Crippen LogP contribution in [-0.4, -0.2) is 28.5 Å². The fourth-order valence-electron chi connectivity index (χ4n) is 3.29. The summed E-state index contributed by atoms with van der Waals surface area (Å²) in [5, 5.41) is 7.79. The van der Waals surface area contributed by atoms with Gasteiger partial charge in [-0.05, 0) is 6.42 Å². The first-order valence-electron chi connectivity index (χ1n) is 5.97. The third-order valence-electron chi connectivity index (χ3n) is 4.22. The molecular formula is C12H19N3O. The van der Waals surface area contributed by atoms with Gasteiger partial charge >= 0.3 is 0 Å². The van der Waals surface area contributed by atoms with Crippen LogP contribution >= 0.6 is 0 Å². The summed E-state index contributed by atoms with van der Waals surface area (Å²) in [5.74, 6) is 1.77. The maximum atomic E-state index is 5.78. The van der Waals surface area contributed by atoms with Gasteiger partial charge in [-0.3, -0.25) is 4.68 Å². The predicted octanol–water partition coefficient (Wildman–Crippen LogP) is 1.65. The first-order valence-corrected chi connectivity index (χ1v) is 5.97. The van der Waals surface area contributed by atoms with Crippen LogP contribution in [0, 0.1) is 11.3 Å². The number of aromatic nitrogens is 2. The number of rotatable bonds is 2. The summed E-state index contributed by atoms with van der Waals surface area (Å²) in [4.78, 5) is 0. The van der Waals surface area contributed by atoms with E-state index in [-0.39, 0.29) is 5.41 Å². The lowest BCUT2D eigenvalue weighted by atomic mass is 9.57. The largest absolute Gasteiger partial charge is 0.377 e. The van der Waals surface area contributed by atoms with Crippen molar-refractivity contribution in [1.29, 1.82) is 0 Å². The Labute approximate surface area is 96.0 Å². The van der Waals surface area contributed by atoms with Crippen LogP contribution in [0.15, 0.2) is 12.3 Å². The smallest absolute Gasteiger partial charge is 0.124 e. The third kappa shape index (κ3) is 1.22. The monoisotopic (exact) mass is 221 g/mol.